The fourth-order valence-corrected chi connectivity index (χ4v) is 4.75. The Bertz CT molecular complexity index is 856. The Hall–Kier alpha value is -2.12. The molecule has 1 aromatic carbocycles. The van der Waals surface area contributed by atoms with E-state index in [-0.39, 0.29) is 24.0 Å². The van der Waals surface area contributed by atoms with Gasteiger partial charge >= 0.3 is 0 Å². The molecule has 0 saturated heterocycles. The number of carbonyl (C=O) groups excluding carboxylic acids is 1. The number of hydrogen-bond donors (Lipinski definition) is 1. The van der Waals surface area contributed by atoms with Crippen molar-refractivity contribution in [1.82, 2.24) is 5.32 Å². The summed E-state index contributed by atoms with van der Waals surface area (Å²) in [5, 5.41) is 6.05. The van der Waals surface area contributed by atoms with E-state index in [1.807, 2.05) is 41.8 Å². The second-order valence-electron chi connectivity index (χ2n) is 5.92. The Morgan fingerprint density at radius 3 is 2.80 bits per heavy atom. The number of para-hydroxylation sites is 1. The molecule has 0 saturated carbocycles. The summed E-state index contributed by atoms with van der Waals surface area (Å²) < 4.78 is 28.4. The van der Waals surface area contributed by atoms with Gasteiger partial charge in [0.1, 0.15) is 12.4 Å². The number of amides is 1. The lowest BCUT2D eigenvalue weighted by atomic mass is 10.1. The van der Waals surface area contributed by atoms with Crippen LogP contribution in [0.25, 0.3) is 0 Å². The van der Waals surface area contributed by atoms with E-state index in [0.717, 1.165) is 16.2 Å². The molecule has 0 fully saturated rings. The molecule has 0 spiro atoms. The molecule has 1 amide bonds. The predicted octanol–water partition coefficient (Wildman–Crippen LogP) is 2.89. The number of hydrogen-bond acceptors (Lipinski definition) is 5. The van der Waals surface area contributed by atoms with Gasteiger partial charge in [-0.2, -0.15) is 0 Å². The zero-order chi connectivity index (χ0) is 17.7. The maximum Gasteiger partial charge on any atom is 0.220 e. The van der Waals surface area contributed by atoms with Crippen LogP contribution in [-0.2, 0) is 27.8 Å². The van der Waals surface area contributed by atoms with Crippen molar-refractivity contribution in [1.29, 1.82) is 0 Å². The first kappa shape index (κ1) is 17.7. The molecule has 1 N–H and O–H groups in total. The van der Waals surface area contributed by atoms with Crippen LogP contribution in [-0.4, -0.2) is 20.1 Å². The number of ether oxygens (including phenoxy) is 1. The average Bonchev–Trinajstić information content (AvgIpc) is 3.18. The molecule has 0 bridgehead atoms. The van der Waals surface area contributed by atoms with Crippen LogP contribution in [0.15, 0.2) is 53.3 Å². The van der Waals surface area contributed by atoms with Gasteiger partial charge in [0.05, 0.1) is 12.3 Å². The van der Waals surface area contributed by atoms with Crippen LogP contribution in [0.4, 0.5) is 0 Å². The lowest BCUT2D eigenvalue weighted by Crippen LogP contribution is -2.25. The second-order valence-corrected chi connectivity index (χ2v) is 8.85. The van der Waals surface area contributed by atoms with Crippen molar-refractivity contribution in [2.24, 2.45) is 5.92 Å². The Morgan fingerprint density at radius 1 is 1.28 bits per heavy atom. The van der Waals surface area contributed by atoms with Gasteiger partial charge < -0.3 is 10.1 Å². The number of nitrogens with one attached hydrogen (secondary N) is 1. The molecule has 132 valence electrons. The van der Waals surface area contributed by atoms with Crippen LogP contribution in [0, 0.1) is 5.92 Å². The zero-order valence-electron chi connectivity index (χ0n) is 13.6. The summed E-state index contributed by atoms with van der Waals surface area (Å²) >= 11 is 1.56. The summed E-state index contributed by atoms with van der Waals surface area (Å²) in [6, 6.07) is 11.6. The van der Waals surface area contributed by atoms with E-state index < -0.39 is 9.84 Å². The number of carbonyl (C=O) groups is 1. The third-order valence-corrected chi connectivity index (χ3v) is 6.22. The maximum absolute atomic E-state index is 11.9. The fourth-order valence-electron chi connectivity index (χ4n) is 2.54. The van der Waals surface area contributed by atoms with Crippen LogP contribution in [0.3, 0.4) is 0 Å². The van der Waals surface area contributed by atoms with E-state index in [0.29, 0.717) is 13.2 Å². The highest BCUT2D eigenvalue weighted by atomic mass is 32.2. The molecule has 5 nitrogen and oxygen atoms in total. The molecule has 25 heavy (non-hydrogen) atoms. The third-order valence-electron chi connectivity index (χ3n) is 3.77. The molecular formula is C18H19NO4S2. The van der Waals surface area contributed by atoms with Gasteiger partial charge in [-0.1, -0.05) is 24.3 Å². The highest BCUT2D eigenvalue weighted by Crippen LogP contribution is 2.19. The normalized spacial score (nSPS) is 18.2. The van der Waals surface area contributed by atoms with Crippen molar-refractivity contribution in [3.05, 3.63) is 63.7 Å². The summed E-state index contributed by atoms with van der Waals surface area (Å²) in [6.07, 6.45) is 1.80. The van der Waals surface area contributed by atoms with Crippen LogP contribution in [0.1, 0.15) is 16.9 Å². The van der Waals surface area contributed by atoms with Crippen molar-refractivity contribution in [2.45, 2.75) is 19.6 Å². The molecule has 1 aromatic heterocycles. The lowest BCUT2D eigenvalue weighted by Gasteiger charge is -2.07. The van der Waals surface area contributed by atoms with Crippen molar-refractivity contribution in [2.75, 3.05) is 5.75 Å². The average molecular weight is 377 g/mol. The SMILES string of the molecule is O=C(CC1C=CS(=O)(=O)C1)NCc1cc(COc2ccccc2)cs1. The van der Waals surface area contributed by atoms with Crippen molar-refractivity contribution in [3.8, 4) is 5.75 Å². The zero-order valence-corrected chi connectivity index (χ0v) is 15.2. The van der Waals surface area contributed by atoms with Gasteiger partial charge in [-0.3, -0.25) is 4.79 Å². The largest absolute Gasteiger partial charge is 0.489 e. The summed E-state index contributed by atoms with van der Waals surface area (Å²) in [4.78, 5) is 13.0. The molecule has 1 unspecified atom stereocenters. The fraction of sp³-hybridized carbons (Fsp3) is 0.278. The Balaban J connectivity index is 1.42. The summed E-state index contributed by atoms with van der Waals surface area (Å²) in [5.41, 5.74) is 1.06. The maximum atomic E-state index is 11.9. The van der Waals surface area contributed by atoms with Crippen molar-refractivity contribution < 1.29 is 17.9 Å². The van der Waals surface area contributed by atoms with E-state index in [2.05, 4.69) is 5.32 Å². The number of benzene rings is 1. The molecule has 1 aliphatic heterocycles. The van der Waals surface area contributed by atoms with E-state index in [1.54, 1.807) is 17.4 Å². The minimum atomic E-state index is -3.11. The Morgan fingerprint density at radius 2 is 2.08 bits per heavy atom. The minimum Gasteiger partial charge on any atom is -0.489 e. The molecule has 2 heterocycles. The topological polar surface area (TPSA) is 72.5 Å². The first-order valence-corrected chi connectivity index (χ1v) is 10.5. The minimum absolute atomic E-state index is 0.0282. The predicted molar refractivity (Wildman–Crippen MR) is 98.0 cm³/mol. The lowest BCUT2D eigenvalue weighted by molar-refractivity contribution is -0.121. The van der Waals surface area contributed by atoms with Crippen LogP contribution in [0.2, 0.25) is 0 Å². The molecule has 0 aliphatic carbocycles. The molecule has 1 aliphatic rings. The summed E-state index contributed by atoms with van der Waals surface area (Å²) in [6.45, 7) is 0.928. The summed E-state index contributed by atoms with van der Waals surface area (Å²) in [5.74, 6) is 0.494. The Labute approximate surface area is 151 Å². The van der Waals surface area contributed by atoms with Gasteiger partial charge in [-0.15, -0.1) is 11.3 Å². The Kier molecular flexibility index (Phi) is 5.55. The monoisotopic (exact) mass is 377 g/mol. The number of allylic oxidation sites excluding steroid dienone is 1. The van der Waals surface area contributed by atoms with Gasteiger partial charge in [0.25, 0.3) is 0 Å². The van der Waals surface area contributed by atoms with Gasteiger partial charge in [0, 0.05) is 28.2 Å². The smallest absolute Gasteiger partial charge is 0.220 e. The standard InChI is InChI=1S/C18H19NO4S2/c20-18(9-14-6-7-25(21,22)13-14)19-10-17-8-15(12-24-17)11-23-16-4-2-1-3-5-16/h1-8,12,14H,9-11,13H2,(H,19,20). The number of rotatable bonds is 7. The van der Waals surface area contributed by atoms with Crippen LogP contribution in [0.5, 0.6) is 5.75 Å². The van der Waals surface area contributed by atoms with E-state index >= 15 is 0 Å². The first-order valence-electron chi connectivity index (χ1n) is 7.92. The first-order chi connectivity index (χ1) is 12.0. The quantitative estimate of drug-likeness (QED) is 0.805. The van der Waals surface area contributed by atoms with Crippen LogP contribution >= 0.6 is 11.3 Å². The van der Waals surface area contributed by atoms with Crippen LogP contribution < -0.4 is 10.1 Å². The highest BCUT2D eigenvalue weighted by molar-refractivity contribution is 7.94. The number of sulfone groups is 1. The third kappa shape index (κ3) is 5.44. The van der Waals surface area contributed by atoms with Gasteiger partial charge in [-0.25, -0.2) is 8.42 Å². The van der Waals surface area contributed by atoms with Gasteiger partial charge in [0.15, 0.2) is 9.84 Å². The molecule has 3 rings (SSSR count). The van der Waals surface area contributed by atoms with Crippen molar-refractivity contribution in [3.63, 3.8) is 0 Å². The number of thiophene rings is 1. The van der Waals surface area contributed by atoms with Gasteiger partial charge in [-0.05, 0) is 23.6 Å². The van der Waals surface area contributed by atoms with E-state index in [4.69, 9.17) is 4.74 Å². The second kappa shape index (κ2) is 7.84. The van der Waals surface area contributed by atoms with Gasteiger partial charge in [0.2, 0.25) is 5.91 Å². The van der Waals surface area contributed by atoms with E-state index in [9.17, 15) is 13.2 Å². The highest BCUT2D eigenvalue weighted by Gasteiger charge is 2.23. The molecule has 0 radical (unpaired) electrons. The molecule has 7 heteroatoms. The van der Waals surface area contributed by atoms with E-state index in [1.165, 1.54) is 5.41 Å². The van der Waals surface area contributed by atoms with Crippen molar-refractivity contribution >= 4 is 27.1 Å². The molecular weight excluding hydrogens is 358 g/mol. The summed E-state index contributed by atoms with van der Waals surface area (Å²) in [7, 11) is -3.11. The molecule has 2 aromatic rings. The molecule has 1 atom stereocenters.